The van der Waals surface area contributed by atoms with E-state index in [1.54, 1.807) is 18.5 Å². The van der Waals surface area contributed by atoms with Crippen molar-refractivity contribution in [3.63, 3.8) is 0 Å². The van der Waals surface area contributed by atoms with Gasteiger partial charge < -0.3 is 10.4 Å². The molecule has 2 unspecified atom stereocenters. The zero-order valence-electron chi connectivity index (χ0n) is 10.3. The van der Waals surface area contributed by atoms with Crippen molar-refractivity contribution in [3.05, 3.63) is 22.9 Å². The van der Waals surface area contributed by atoms with Gasteiger partial charge in [-0.05, 0) is 41.3 Å². The fourth-order valence-corrected chi connectivity index (χ4v) is 2.74. The minimum Gasteiger partial charge on any atom is -0.481 e. The largest absolute Gasteiger partial charge is 0.481 e. The number of rotatable bonds is 3. The molecule has 2 atom stereocenters. The highest BCUT2D eigenvalue weighted by molar-refractivity contribution is 9.10. The molecule has 2 N–H and O–H groups in total. The average molecular weight is 327 g/mol. The number of nitrogens with one attached hydrogen (secondary N) is 1. The first-order valence-corrected chi connectivity index (χ1v) is 7.00. The number of aliphatic carboxylic acids is 1. The lowest BCUT2D eigenvalue weighted by molar-refractivity contribution is -0.143. The Kier molecular flexibility index (Phi) is 4.52. The van der Waals surface area contributed by atoms with Gasteiger partial charge in [0.05, 0.1) is 17.8 Å². The second-order valence-corrected chi connectivity index (χ2v) is 5.70. The molecule has 2 rings (SSSR count). The molecular weight excluding hydrogens is 312 g/mol. The molecule has 19 heavy (non-hydrogen) atoms. The summed E-state index contributed by atoms with van der Waals surface area (Å²) in [6, 6.07) is 1.77. The van der Waals surface area contributed by atoms with Gasteiger partial charge in [0, 0.05) is 16.6 Å². The first-order chi connectivity index (χ1) is 9.06. The smallest absolute Gasteiger partial charge is 0.306 e. The minimum atomic E-state index is -0.804. The van der Waals surface area contributed by atoms with Gasteiger partial charge in [-0.3, -0.25) is 14.6 Å². The summed E-state index contributed by atoms with van der Waals surface area (Å²) >= 11 is 3.29. The Hall–Kier alpha value is -1.43. The summed E-state index contributed by atoms with van der Waals surface area (Å²) < 4.78 is 0.789. The molecule has 1 heterocycles. The third kappa shape index (κ3) is 3.76. The predicted octanol–water partition coefficient (Wildman–Crippen LogP) is 2.67. The number of anilines is 1. The Labute approximate surface area is 119 Å². The SMILES string of the molecule is O=C(O)C1CCCC(C(=O)Nc2cncc(Br)c2)C1. The summed E-state index contributed by atoms with van der Waals surface area (Å²) in [5, 5.41) is 11.8. The molecule has 1 fully saturated rings. The van der Waals surface area contributed by atoms with Gasteiger partial charge in [-0.25, -0.2) is 0 Å². The summed E-state index contributed by atoms with van der Waals surface area (Å²) in [7, 11) is 0. The second kappa shape index (κ2) is 6.14. The second-order valence-electron chi connectivity index (χ2n) is 4.78. The van der Waals surface area contributed by atoms with Gasteiger partial charge in [0.25, 0.3) is 0 Å². The van der Waals surface area contributed by atoms with Gasteiger partial charge in [-0.15, -0.1) is 0 Å². The standard InChI is InChI=1S/C13H15BrN2O3/c14-10-5-11(7-15-6-10)16-12(17)8-2-1-3-9(4-8)13(18)19/h5-9H,1-4H2,(H,16,17)(H,18,19). The highest BCUT2D eigenvalue weighted by Crippen LogP contribution is 2.30. The molecular formula is C13H15BrN2O3. The van der Waals surface area contributed by atoms with Crippen molar-refractivity contribution < 1.29 is 14.7 Å². The Balaban J connectivity index is 1.98. The zero-order valence-corrected chi connectivity index (χ0v) is 11.9. The van der Waals surface area contributed by atoms with Crippen LogP contribution in [0.1, 0.15) is 25.7 Å². The van der Waals surface area contributed by atoms with Gasteiger partial charge in [0.1, 0.15) is 0 Å². The van der Waals surface area contributed by atoms with E-state index in [0.29, 0.717) is 18.5 Å². The lowest BCUT2D eigenvalue weighted by Crippen LogP contribution is -2.30. The number of amides is 1. The van der Waals surface area contributed by atoms with Crippen LogP contribution in [0.3, 0.4) is 0 Å². The van der Waals surface area contributed by atoms with E-state index in [1.807, 2.05) is 0 Å². The molecule has 0 saturated heterocycles. The molecule has 1 aliphatic rings. The van der Waals surface area contributed by atoms with E-state index in [4.69, 9.17) is 5.11 Å². The van der Waals surface area contributed by atoms with Gasteiger partial charge in [-0.1, -0.05) is 6.42 Å². The van der Waals surface area contributed by atoms with Crippen LogP contribution in [0.2, 0.25) is 0 Å². The minimum absolute atomic E-state index is 0.120. The molecule has 1 aromatic heterocycles. The first kappa shape index (κ1) is 14.0. The van der Waals surface area contributed by atoms with E-state index in [-0.39, 0.29) is 11.8 Å². The van der Waals surface area contributed by atoms with Crippen molar-refractivity contribution in [2.75, 3.05) is 5.32 Å². The van der Waals surface area contributed by atoms with E-state index in [1.165, 1.54) is 0 Å². The van der Waals surface area contributed by atoms with Crippen LogP contribution in [0.4, 0.5) is 5.69 Å². The molecule has 0 radical (unpaired) electrons. The number of nitrogens with zero attached hydrogens (tertiary/aromatic N) is 1. The van der Waals surface area contributed by atoms with Crippen molar-refractivity contribution in [1.29, 1.82) is 0 Å². The first-order valence-electron chi connectivity index (χ1n) is 6.20. The van der Waals surface area contributed by atoms with Gasteiger partial charge in [0.2, 0.25) is 5.91 Å². The molecule has 0 spiro atoms. The van der Waals surface area contributed by atoms with Gasteiger partial charge >= 0.3 is 5.97 Å². The number of halogens is 1. The van der Waals surface area contributed by atoms with Crippen molar-refractivity contribution in [2.24, 2.45) is 11.8 Å². The fourth-order valence-electron chi connectivity index (χ4n) is 2.38. The lowest BCUT2D eigenvalue weighted by Gasteiger charge is -2.25. The zero-order chi connectivity index (χ0) is 13.8. The van der Waals surface area contributed by atoms with E-state index >= 15 is 0 Å². The quantitative estimate of drug-likeness (QED) is 0.894. The Morgan fingerprint density at radius 2 is 2.05 bits per heavy atom. The maximum Gasteiger partial charge on any atom is 0.306 e. The normalized spacial score (nSPS) is 22.8. The number of aromatic nitrogens is 1. The summed E-state index contributed by atoms with van der Waals surface area (Å²) in [6.45, 7) is 0. The maximum absolute atomic E-state index is 12.1. The molecule has 6 heteroatoms. The highest BCUT2D eigenvalue weighted by Gasteiger charge is 2.31. The number of carboxylic acids is 1. The Bertz CT molecular complexity index is 493. The summed E-state index contributed by atoms with van der Waals surface area (Å²) in [4.78, 5) is 27.0. The average Bonchev–Trinajstić information content (AvgIpc) is 2.39. The number of carbonyl (C=O) groups is 2. The summed E-state index contributed by atoms with van der Waals surface area (Å²) in [5.74, 6) is -1.55. The van der Waals surface area contributed by atoms with E-state index in [0.717, 1.165) is 17.3 Å². The molecule has 0 aliphatic heterocycles. The van der Waals surface area contributed by atoms with E-state index in [2.05, 4.69) is 26.2 Å². The summed E-state index contributed by atoms with van der Waals surface area (Å²) in [5.41, 5.74) is 0.622. The number of pyridine rings is 1. The predicted molar refractivity (Wildman–Crippen MR) is 73.7 cm³/mol. The highest BCUT2D eigenvalue weighted by atomic mass is 79.9. The van der Waals surface area contributed by atoms with Crippen LogP contribution in [0, 0.1) is 11.8 Å². The van der Waals surface area contributed by atoms with E-state index < -0.39 is 11.9 Å². The molecule has 1 amide bonds. The number of hydrogen-bond acceptors (Lipinski definition) is 3. The van der Waals surface area contributed by atoms with Crippen LogP contribution in [0.5, 0.6) is 0 Å². The van der Waals surface area contributed by atoms with Crippen LogP contribution in [0.15, 0.2) is 22.9 Å². The maximum atomic E-state index is 12.1. The van der Waals surface area contributed by atoms with Crippen LogP contribution >= 0.6 is 15.9 Å². The Morgan fingerprint density at radius 3 is 2.74 bits per heavy atom. The number of carboxylic acid groups (broad SMARTS) is 1. The third-order valence-electron chi connectivity index (χ3n) is 3.37. The fraction of sp³-hybridized carbons (Fsp3) is 0.462. The summed E-state index contributed by atoms with van der Waals surface area (Å²) in [6.07, 6.45) is 5.82. The van der Waals surface area contributed by atoms with Crippen molar-refractivity contribution in [3.8, 4) is 0 Å². The van der Waals surface area contributed by atoms with Crippen LogP contribution in [-0.2, 0) is 9.59 Å². The number of carbonyl (C=O) groups excluding carboxylic acids is 1. The van der Waals surface area contributed by atoms with Crippen LogP contribution < -0.4 is 5.32 Å². The molecule has 5 nitrogen and oxygen atoms in total. The molecule has 1 aliphatic carbocycles. The van der Waals surface area contributed by atoms with Crippen molar-refractivity contribution in [1.82, 2.24) is 4.98 Å². The monoisotopic (exact) mass is 326 g/mol. The van der Waals surface area contributed by atoms with Gasteiger partial charge in [-0.2, -0.15) is 0 Å². The molecule has 0 aromatic carbocycles. The topological polar surface area (TPSA) is 79.3 Å². The van der Waals surface area contributed by atoms with Gasteiger partial charge in [0.15, 0.2) is 0 Å². The molecule has 1 saturated carbocycles. The molecule has 1 aromatic rings. The van der Waals surface area contributed by atoms with Crippen LogP contribution in [-0.4, -0.2) is 22.0 Å². The molecule has 102 valence electrons. The van der Waals surface area contributed by atoms with Crippen molar-refractivity contribution in [2.45, 2.75) is 25.7 Å². The van der Waals surface area contributed by atoms with Crippen molar-refractivity contribution >= 4 is 33.5 Å². The molecule has 0 bridgehead atoms. The van der Waals surface area contributed by atoms with E-state index in [9.17, 15) is 9.59 Å². The van der Waals surface area contributed by atoms with Crippen LogP contribution in [0.25, 0.3) is 0 Å². The Morgan fingerprint density at radius 1 is 1.32 bits per heavy atom. The number of hydrogen-bond donors (Lipinski definition) is 2. The lowest BCUT2D eigenvalue weighted by atomic mass is 9.81. The third-order valence-corrected chi connectivity index (χ3v) is 3.80.